The molecule has 5 rings (SSSR count). The number of rotatable bonds is 4. The number of amides is 1. The Bertz CT molecular complexity index is 984. The van der Waals surface area contributed by atoms with Crippen LogP contribution in [0.3, 0.4) is 0 Å². The molecular formula is C21H22N2O7. The van der Waals surface area contributed by atoms with Gasteiger partial charge in [-0.15, -0.1) is 0 Å². The highest BCUT2D eigenvalue weighted by Gasteiger charge is 2.45. The number of hydrogen-bond donors (Lipinski definition) is 1. The van der Waals surface area contributed by atoms with Crippen LogP contribution in [0.2, 0.25) is 0 Å². The molecule has 0 bridgehead atoms. The number of benzene rings is 2. The van der Waals surface area contributed by atoms with Crippen molar-refractivity contribution >= 4 is 11.8 Å². The molecule has 30 heavy (non-hydrogen) atoms. The van der Waals surface area contributed by atoms with E-state index in [-0.39, 0.29) is 12.8 Å². The van der Waals surface area contributed by atoms with Crippen molar-refractivity contribution in [2.45, 2.75) is 12.2 Å². The van der Waals surface area contributed by atoms with Crippen LogP contribution in [0.15, 0.2) is 24.3 Å². The Labute approximate surface area is 173 Å². The monoisotopic (exact) mass is 414 g/mol. The third kappa shape index (κ3) is 2.72. The van der Waals surface area contributed by atoms with Crippen molar-refractivity contribution in [1.82, 2.24) is 4.90 Å². The number of carbonyl (C=O) groups is 1. The quantitative estimate of drug-likeness (QED) is 0.817. The van der Waals surface area contributed by atoms with Gasteiger partial charge in [0.25, 0.3) is 0 Å². The summed E-state index contributed by atoms with van der Waals surface area (Å²) in [5.74, 6) is 2.82. The molecule has 1 saturated heterocycles. The molecule has 0 aromatic heterocycles. The summed E-state index contributed by atoms with van der Waals surface area (Å²) in [5, 5.41) is 3.38. The molecule has 2 atom stereocenters. The number of hydrogen-bond acceptors (Lipinski definition) is 8. The Morgan fingerprint density at radius 2 is 1.60 bits per heavy atom. The number of nitrogens with zero attached hydrogens (tertiary/aromatic N) is 1. The molecule has 0 aliphatic carbocycles. The van der Waals surface area contributed by atoms with Gasteiger partial charge in [-0.1, -0.05) is 0 Å². The smallest absolute Gasteiger partial charge is 0.412 e. The van der Waals surface area contributed by atoms with Crippen molar-refractivity contribution < 1.29 is 33.2 Å². The van der Waals surface area contributed by atoms with Crippen molar-refractivity contribution in [2.75, 3.05) is 46.5 Å². The predicted molar refractivity (Wildman–Crippen MR) is 106 cm³/mol. The first kappa shape index (κ1) is 18.5. The molecule has 0 spiro atoms. The molecule has 1 fully saturated rings. The maximum absolute atomic E-state index is 12.6. The molecule has 1 amide bonds. The molecule has 0 radical (unpaired) electrons. The van der Waals surface area contributed by atoms with E-state index in [9.17, 15) is 4.79 Å². The molecule has 158 valence electrons. The zero-order valence-corrected chi connectivity index (χ0v) is 16.9. The minimum Gasteiger partial charge on any atom is -0.493 e. The summed E-state index contributed by atoms with van der Waals surface area (Å²) in [6.07, 6.45) is -0.705. The average Bonchev–Trinajstić information content (AvgIpc) is 3.15. The zero-order valence-electron chi connectivity index (χ0n) is 16.9. The van der Waals surface area contributed by atoms with E-state index < -0.39 is 12.1 Å². The van der Waals surface area contributed by atoms with Crippen LogP contribution in [0, 0.1) is 0 Å². The van der Waals surface area contributed by atoms with Crippen molar-refractivity contribution in [3.63, 3.8) is 0 Å². The maximum Gasteiger partial charge on any atom is 0.412 e. The molecule has 9 heteroatoms. The topological polar surface area (TPSA) is 87.7 Å². The lowest BCUT2D eigenvalue weighted by Crippen LogP contribution is -2.46. The molecule has 3 aliphatic heterocycles. The number of carbonyl (C=O) groups excluding carboxylic acids is 1. The average molecular weight is 414 g/mol. The summed E-state index contributed by atoms with van der Waals surface area (Å²) >= 11 is 0. The Hall–Kier alpha value is -3.49. The van der Waals surface area contributed by atoms with E-state index in [2.05, 4.69) is 5.32 Å². The Morgan fingerprint density at radius 1 is 0.933 bits per heavy atom. The first-order chi connectivity index (χ1) is 14.6. The number of cyclic esters (lactones) is 1. The molecular weight excluding hydrogens is 392 g/mol. The summed E-state index contributed by atoms with van der Waals surface area (Å²) in [6.45, 7) is 1.22. The van der Waals surface area contributed by atoms with Gasteiger partial charge < -0.3 is 33.7 Å². The van der Waals surface area contributed by atoms with E-state index in [1.54, 1.807) is 26.2 Å². The van der Waals surface area contributed by atoms with E-state index in [0.29, 0.717) is 42.0 Å². The predicted octanol–water partition coefficient (Wildman–Crippen LogP) is 2.78. The third-order valence-electron chi connectivity index (χ3n) is 5.52. The van der Waals surface area contributed by atoms with Crippen LogP contribution in [0.1, 0.15) is 17.2 Å². The van der Waals surface area contributed by atoms with Crippen molar-refractivity contribution in [3.8, 4) is 28.7 Å². The van der Waals surface area contributed by atoms with Gasteiger partial charge in [-0.05, 0) is 23.8 Å². The number of nitrogens with one attached hydrogen (secondary N) is 1. The maximum atomic E-state index is 12.6. The standard InChI is InChI=1S/C21H22N2O7/c1-25-16-6-11(7-17(26-2)20(16)27-3)19-12-8-14-15(29-5-4-28-14)9-13(12)22-18-10-30-21(24)23(18)19/h6-9,18-19,22H,4-5,10H2,1-3H3/t18-,19+/m0/s1. The molecule has 2 aromatic rings. The van der Waals surface area contributed by atoms with E-state index in [1.807, 2.05) is 24.3 Å². The van der Waals surface area contributed by atoms with Gasteiger partial charge in [0.05, 0.1) is 27.4 Å². The minimum atomic E-state index is -0.439. The van der Waals surface area contributed by atoms with E-state index in [4.69, 9.17) is 28.4 Å². The summed E-state index contributed by atoms with van der Waals surface area (Å²) in [6, 6.07) is 7.08. The Morgan fingerprint density at radius 3 is 2.23 bits per heavy atom. The van der Waals surface area contributed by atoms with Gasteiger partial charge in [0.1, 0.15) is 26.0 Å². The van der Waals surface area contributed by atoms with Crippen molar-refractivity contribution in [2.24, 2.45) is 0 Å². The number of methoxy groups -OCH3 is 3. The normalized spacial score (nSPS) is 21.2. The lowest BCUT2D eigenvalue weighted by Gasteiger charge is -2.39. The highest BCUT2D eigenvalue weighted by Crippen LogP contribution is 2.49. The fourth-order valence-electron chi connectivity index (χ4n) is 4.21. The van der Waals surface area contributed by atoms with Gasteiger partial charge in [-0.2, -0.15) is 0 Å². The molecule has 3 aliphatic rings. The number of fused-ring (bicyclic) bond motifs is 3. The fourth-order valence-corrected chi connectivity index (χ4v) is 4.21. The lowest BCUT2D eigenvalue weighted by atomic mass is 9.92. The van der Waals surface area contributed by atoms with Crippen molar-refractivity contribution in [1.29, 1.82) is 0 Å². The lowest BCUT2D eigenvalue weighted by molar-refractivity contribution is 0.149. The highest BCUT2D eigenvalue weighted by molar-refractivity contribution is 5.77. The molecule has 0 saturated carbocycles. The summed E-state index contributed by atoms with van der Waals surface area (Å²) in [4.78, 5) is 14.3. The van der Waals surface area contributed by atoms with Gasteiger partial charge >= 0.3 is 6.09 Å². The summed E-state index contributed by atoms with van der Waals surface area (Å²) in [5.41, 5.74) is 2.52. The van der Waals surface area contributed by atoms with Gasteiger partial charge in [0.2, 0.25) is 5.75 Å². The second-order valence-electron chi connectivity index (χ2n) is 7.09. The first-order valence-corrected chi connectivity index (χ1v) is 9.59. The zero-order chi connectivity index (χ0) is 20.8. The highest BCUT2D eigenvalue weighted by atomic mass is 16.6. The summed E-state index contributed by atoms with van der Waals surface area (Å²) in [7, 11) is 4.68. The van der Waals surface area contributed by atoms with Crippen LogP contribution in [0.25, 0.3) is 0 Å². The van der Waals surface area contributed by atoms with E-state index in [0.717, 1.165) is 16.8 Å². The summed E-state index contributed by atoms with van der Waals surface area (Å²) < 4.78 is 33.4. The van der Waals surface area contributed by atoms with Gasteiger partial charge in [-0.3, -0.25) is 4.90 Å². The first-order valence-electron chi connectivity index (χ1n) is 9.59. The Balaban J connectivity index is 1.71. The minimum absolute atomic E-state index is 0.244. The molecule has 3 heterocycles. The van der Waals surface area contributed by atoms with Gasteiger partial charge in [0, 0.05) is 17.3 Å². The van der Waals surface area contributed by atoms with Crippen LogP contribution in [-0.4, -0.2) is 58.3 Å². The third-order valence-corrected chi connectivity index (χ3v) is 5.52. The SMILES string of the molecule is COc1cc([C@@H]2c3cc4c(cc3N[C@@H]3COC(=O)N23)OCCO4)cc(OC)c1OC. The van der Waals surface area contributed by atoms with Crippen LogP contribution < -0.4 is 29.0 Å². The fraction of sp³-hybridized carbons (Fsp3) is 0.381. The van der Waals surface area contributed by atoms with Gasteiger partial charge in [-0.25, -0.2) is 4.79 Å². The van der Waals surface area contributed by atoms with E-state index >= 15 is 0 Å². The largest absolute Gasteiger partial charge is 0.493 e. The van der Waals surface area contributed by atoms with Crippen LogP contribution >= 0.6 is 0 Å². The molecule has 1 N–H and O–H groups in total. The number of anilines is 1. The second-order valence-corrected chi connectivity index (χ2v) is 7.09. The van der Waals surface area contributed by atoms with Crippen LogP contribution in [0.4, 0.5) is 10.5 Å². The van der Waals surface area contributed by atoms with E-state index in [1.165, 1.54) is 0 Å². The van der Waals surface area contributed by atoms with Crippen LogP contribution in [0.5, 0.6) is 28.7 Å². The Kier molecular flexibility index (Phi) is 4.38. The second kappa shape index (κ2) is 7.08. The van der Waals surface area contributed by atoms with Crippen molar-refractivity contribution in [3.05, 3.63) is 35.4 Å². The van der Waals surface area contributed by atoms with Gasteiger partial charge in [0.15, 0.2) is 23.0 Å². The van der Waals surface area contributed by atoms with Crippen LogP contribution in [-0.2, 0) is 4.74 Å². The molecule has 9 nitrogen and oxygen atoms in total. The molecule has 2 aromatic carbocycles. The number of ether oxygens (including phenoxy) is 6. The molecule has 0 unspecified atom stereocenters.